The third kappa shape index (κ3) is 2.03. The van der Waals surface area contributed by atoms with E-state index in [9.17, 15) is 4.79 Å². The van der Waals surface area contributed by atoms with Crippen molar-refractivity contribution in [2.75, 3.05) is 0 Å². The maximum absolute atomic E-state index is 11.1. The molecule has 18 heavy (non-hydrogen) atoms. The van der Waals surface area contributed by atoms with Crippen LogP contribution in [0, 0.1) is 0 Å². The molecule has 0 amide bonds. The Morgan fingerprint density at radius 3 is 2.50 bits per heavy atom. The van der Waals surface area contributed by atoms with Crippen LogP contribution in [0.15, 0.2) is 6.07 Å². The summed E-state index contributed by atoms with van der Waals surface area (Å²) >= 11 is 1.30. The largest absolute Gasteiger partial charge is 0.477 e. The van der Waals surface area contributed by atoms with Gasteiger partial charge in [0.1, 0.15) is 9.71 Å². The molecule has 5 heteroatoms. The first-order chi connectivity index (χ1) is 8.21. The zero-order valence-electron chi connectivity index (χ0n) is 11.3. The van der Waals surface area contributed by atoms with Gasteiger partial charge in [-0.2, -0.15) is 5.10 Å². The molecule has 0 saturated carbocycles. The standard InChI is InChI=1S/C13H18N2O2S/c1-7(2)15-11-8(6-9(18-11)12(16)17)10(14-15)13(3,4)5/h6-7H,1-5H3,(H,16,17). The normalized spacial score (nSPS) is 12.6. The van der Waals surface area contributed by atoms with E-state index in [1.54, 1.807) is 6.07 Å². The Balaban J connectivity index is 2.76. The van der Waals surface area contributed by atoms with E-state index >= 15 is 0 Å². The van der Waals surface area contributed by atoms with Crippen molar-refractivity contribution in [3.63, 3.8) is 0 Å². The van der Waals surface area contributed by atoms with Gasteiger partial charge in [-0.05, 0) is 19.9 Å². The van der Waals surface area contributed by atoms with E-state index < -0.39 is 5.97 Å². The molecule has 0 aliphatic carbocycles. The van der Waals surface area contributed by atoms with Gasteiger partial charge in [0.2, 0.25) is 0 Å². The summed E-state index contributed by atoms with van der Waals surface area (Å²) in [5.41, 5.74) is 0.879. The highest BCUT2D eigenvalue weighted by Gasteiger charge is 2.25. The number of carbonyl (C=O) groups is 1. The van der Waals surface area contributed by atoms with Gasteiger partial charge in [0, 0.05) is 16.8 Å². The fraction of sp³-hybridized carbons (Fsp3) is 0.538. The third-order valence-corrected chi connectivity index (χ3v) is 3.91. The number of carboxylic acids is 1. The molecule has 0 radical (unpaired) electrons. The molecular formula is C13H18N2O2S. The highest BCUT2D eigenvalue weighted by atomic mass is 32.1. The van der Waals surface area contributed by atoms with Crippen LogP contribution in [-0.2, 0) is 5.41 Å². The van der Waals surface area contributed by atoms with Crippen LogP contribution in [0.5, 0.6) is 0 Å². The number of rotatable bonds is 2. The Morgan fingerprint density at radius 1 is 1.44 bits per heavy atom. The second kappa shape index (κ2) is 4.09. The van der Waals surface area contributed by atoms with Crippen molar-refractivity contribution in [2.24, 2.45) is 0 Å². The number of aromatic nitrogens is 2. The molecule has 2 rings (SSSR count). The number of fused-ring (bicyclic) bond motifs is 1. The van der Waals surface area contributed by atoms with E-state index in [4.69, 9.17) is 5.11 Å². The zero-order chi connectivity index (χ0) is 13.7. The number of aromatic carboxylic acids is 1. The maximum Gasteiger partial charge on any atom is 0.345 e. The summed E-state index contributed by atoms with van der Waals surface area (Å²) in [7, 11) is 0. The molecule has 0 atom stereocenters. The van der Waals surface area contributed by atoms with Gasteiger partial charge >= 0.3 is 5.97 Å². The molecule has 0 aliphatic heterocycles. The molecule has 4 nitrogen and oxygen atoms in total. The van der Waals surface area contributed by atoms with E-state index in [1.165, 1.54) is 11.3 Å². The first-order valence-electron chi connectivity index (χ1n) is 5.97. The molecule has 0 fully saturated rings. The lowest BCUT2D eigenvalue weighted by Gasteiger charge is -2.15. The monoisotopic (exact) mass is 266 g/mol. The van der Waals surface area contributed by atoms with Crippen molar-refractivity contribution in [3.05, 3.63) is 16.6 Å². The zero-order valence-corrected chi connectivity index (χ0v) is 12.1. The minimum Gasteiger partial charge on any atom is -0.477 e. The summed E-state index contributed by atoms with van der Waals surface area (Å²) < 4.78 is 1.92. The number of nitrogens with zero attached hydrogens (tertiary/aromatic N) is 2. The van der Waals surface area contributed by atoms with Gasteiger partial charge in [-0.25, -0.2) is 4.79 Å². The lowest BCUT2D eigenvalue weighted by Crippen LogP contribution is -2.14. The summed E-state index contributed by atoms with van der Waals surface area (Å²) in [6.07, 6.45) is 0. The van der Waals surface area contributed by atoms with E-state index in [0.717, 1.165) is 15.9 Å². The summed E-state index contributed by atoms with van der Waals surface area (Å²) in [4.78, 5) is 12.4. The summed E-state index contributed by atoms with van der Waals surface area (Å²) in [6.45, 7) is 10.4. The second-order valence-electron chi connectivity index (χ2n) is 5.77. The van der Waals surface area contributed by atoms with Crippen molar-refractivity contribution in [3.8, 4) is 0 Å². The minimum atomic E-state index is -0.869. The Morgan fingerprint density at radius 2 is 2.06 bits per heavy atom. The molecule has 98 valence electrons. The van der Waals surface area contributed by atoms with E-state index in [0.29, 0.717) is 4.88 Å². The molecule has 2 aromatic rings. The van der Waals surface area contributed by atoms with Gasteiger partial charge < -0.3 is 5.11 Å². The topological polar surface area (TPSA) is 55.1 Å². The van der Waals surface area contributed by atoms with Crippen LogP contribution in [0.3, 0.4) is 0 Å². The molecular weight excluding hydrogens is 248 g/mol. The molecule has 2 heterocycles. The first kappa shape index (κ1) is 13.1. The number of thiophene rings is 1. The number of hydrogen-bond donors (Lipinski definition) is 1. The summed E-state index contributed by atoms with van der Waals surface area (Å²) in [5.74, 6) is -0.869. The van der Waals surface area contributed by atoms with Crippen molar-refractivity contribution < 1.29 is 9.90 Å². The predicted molar refractivity (Wildman–Crippen MR) is 73.7 cm³/mol. The average molecular weight is 266 g/mol. The van der Waals surface area contributed by atoms with E-state index in [-0.39, 0.29) is 11.5 Å². The van der Waals surface area contributed by atoms with Crippen LogP contribution < -0.4 is 0 Å². The Labute approximate surface area is 110 Å². The van der Waals surface area contributed by atoms with Crippen LogP contribution in [0.2, 0.25) is 0 Å². The van der Waals surface area contributed by atoms with Crippen LogP contribution in [0.25, 0.3) is 10.2 Å². The van der Waals surface area contributed by atoms with Gasteiger partial charge in [-0.3, -0.25) is 4.68 Å². The molecule has 0 saturated heterocycles. The molecule has 0 bridgehead atoms. The molecule has 0 aliphatic rings. The lowest BCUT2D eigenvalue weighted by atomic mass is 9.91. The van der Waals surface area contributed by atoms with Crippen LogP contribution in [0.4, 0.5) is 0 Å². The molecule has 0 aromatic carbocycles. The highest BCUT2D eigenvalue weighted by molar-refractivity contribution is 7.20. The summed E-state index contributed by atoms with van der Waals surface area (Å²) in [6, 6.07) is 1.97. The Bertz CT molecular complexity index is 602. The smallest absolute Gasteiger partial charge is 0.345 e. The predicted octanol–water partition coefficient (Wildman–Crippen LogP) is 3.67. The second-order valence-corrected chi connectivity index (χ2v) is 6.80. The third-order valence-electron chi connectivity index (χ3n) is 2.79. The van der Waals surface area contributed by atoms with Gasteiger partial charge in [-0.15, -0.1) is 11.3 Å². The average Bonchev–Trinajstić information content (AvgIpc) is 2.70. The van der Waals surface area contributed by atoms with Crippen LogP contribution in [0.1, 0.15) is 56.0 Å². The van der Waals surface area contributed by atoms with Crippen LogP contribution >= 0.6 is 11.3 Å². The Hall–Kier alpha value is -1.36. The van der Waals surface area contributed by atoms with Gasteiger partial charge in [0.25, 0.3) is 0 Å². The van der Waals surface area contributed by atoms with Gasteiger partial charge in [-0.1, -0.05) is 20.8 Å². The molecule has 0 unspecified atom stereocenters. The molecule has 0 spiro atoms. The van der Waals surface area contributed by atoms with Crippen molar-refractivity contribution >= 4 is 27.5 Å². The fourth-order valence-corrected chi connectivity index (χ4v) is 3.02. The minimum absolute atomic E-state index is 0.0881. The molecule has 1 N–H and O–H groups in total. The lowest BCUT2D eigenvalue weighted by molar-refractivity contribution is 0.0702. The quantitative estimate of drug-likeness (QED) is 0.902. The van der Waals surface area contributed by atoms with Crippen molar-refractivity contribution in [1.29, 1.82) is 0 Å². The molecule has 2 aromatic heterocycles. The highest BCUT2D eigenvalue weighted by Crippen LogP contribution is 2.35. The fourth-order valence-electron chi connectivity index (χ4n) is 1.94. The van der Waals surface area contributed by atoms with E-state index in [2.05, 4.69) is 39.7 Å². The van der Waals surface area contributed by atoms with Gasteiger partial charge in [0.05, 0.1) is 5.69 Å². The van der Waals surface area contributed by atoms with Crippen molar-refractivity contribution in [1.82, 2.24) is 9.78 Å². The SMILES string of the molecule is CC(C)n1nc(C(C)(C)C)c2cc(C(=O)O)sc21. The number of hydrogen-bond acceptors (Lipinski definition) is 3. The maximum atomic E-state index is 11.1. The van der Waals surface area contributed by atoms with Gasteiger partial charge in [0.15, 0.2) is 0 Å². The summed E-state index contributed by atoms with van der Waals surface area (Å²) in [5, 5.41) is 14.7. The van der Waals surface area contributed by atoms with Crippen LogP contribution in [-0.4, -0.2) is 20.9 Å². The van der Waals surface area contributed by atoms with Crippen molar-refractivity contribution in [2.45, 2.75) is 46.1 Å². The van der Waals surface area contributed by atoms with E-state index in [1.807, 2.05) is 4.68 Å². The number of carboxylic acid groups (broad SMARTS) is 1. The first-order valence-corrected chi connectivity index (χ1v) is 6.79. The Kier molecular flexibility index (Phi) is 2.97.